The Labute approximate surface area is 296 Å². The van der Waals surface area contributed by atoms with Crippen molar-refractivity contribution >= 4 is 62.3 Å². The highest BCUT2D eigenvalue weighted by Crippen LogP contribution is 2.35. The van der Waals surface area contributed by atoms with E-state index in [0.717, 1.165) is 35.6 Å². The SMILES string of the molecule is COc1ccc(Cl)cc1N(CC(=O)N(Cc1ccc(Cl)c(Cl)c1)[C@@H](Cc1ccccc1)C(=O)NC1CCCC1)S(=O)(=O)c1ccccc1. The number of carbonyl (C=O) groups is 2. The summed E-state index contributed by atoms with van der Waals surface area (Å²) in [5.74, 6) is -0.746. The van der Waals surface area contributed by atoms with Crippen molar-refractivity contribution in [2.45, 2.75) is 55.6 Å². The fraction of sp³-hybridized carbons (Fsp3) is 0.278. The summed E-state index contributed by atoms with van der Waals surface area (Å²) in [5, 5.41) is 4.03. The Morgan fingerprint density at radius 1 is 0.854 bits per heavy atom. The van der Waals surface area contributed by atoms with Crippen LogP contribution in [0.4, 0.5) is 5.69 Å². The largest absolute Gasteiger partial charge is 0.495 e. The molecule has 0 bridgehead atoms. The monoisotopic (exact) mass is 727 g/mol. The van der Waals surface area contributed by atoms with Crippen LogP contribution in [0, 0.1) is 0 Å². The van der Waals surface area contributed by atoms with E-state index in [4.69, 9.17) is 39.5 Å². The number of nitrogens with zero attached hydrogens (tertiary/aromatic N) is 2. The number of sulfonamides is 1. The Balaban J connectivity index is 1.61. The molecule has 0 radical (unpaired) electrons. The molecule has 5 rings (SSSR count). The summed E-state index contributed by atoms with van der Waals surface area (Å²) in [5.41, 5.74) is 1.52. The van der Waals surface area contributed by atoms with Crippen molar-refractivity contribution in [3.05, 3.63) is 123 Å². The van der Waals surface area contributed by atoms with Crippen molar-refractivity contribution in [2.75, 3.05) is 18.0 Å². The maximum Gasteiger partial charge on any atom is 0.264 e. The Hall–Kier alpha value is -3.76. The predicted molar refractivity (Wildman–Crippen MR) is 190 cm³/mol. The van der Waals surface area contributed by atoms with Crippen molar-refractivity contribution in [3.8, 4) is 5.75 Å². The first-order valence-corrected chi connectivity index (χ1v) is 18.1. The number of nitrogens with one attached hydrogen (secondary N) is 1. The Kier molecular flexibility index (Phi) is 11.9. The van der Waals surface area contributed by atoms with Crippen LogP contribution in [-0.4, -0.2) is 50.9 Å². The zero-order valence-electron chi connectivity index (χ0n) is 26.3. The first-order chi connectivity index (χ1) is 23.1. The van der Waals surface area contributed by atoms with Crippen LogP contribution in [0.15, 0.2) is 102 Å². The number of amides is 2. The molecular weight excluding hydrogens is 693 g/mol. The topological polar surface area (TPSA) is 96.0 Å². The van der Waals surface area contributed by atoms with Crippen molar-refractivity contribution in [3.63, 3.8) is 0 Å². The van der Waals surface area contributed by atoms with Crippen molar-refractivity contribution in [1.29, 1.82) is 0 Å². The lowest BCUT2D eigenvalue weighted by Crippen LogP contribution is -2.54. The van der Waals surface area contributed by atoms with Gasteiger partial charge in [-0.1, -0.05) is 102 Å². The van der Waals surface area contributed by atoms with E-state index in [1.165, 1.54) is 36.3 Å². The molecule has 0 spiro atoms. The van der Waals surface area contributed by atoms with Gasteiger partial charge in [-0.3, -0.25) is 13.9 Å². The van der Waals surface area contributed by atoms with E-state index in [1.54, 1.807) is 42.5 Å². The van der Waals surface area contributed by atoms with Crippen molar-refractivity contribution in [2.24, 2.45) is 0 Å². The minimum absolute atomic E-state index is 0.0108. The van der Waals surface area contributed by atoms with E-state index in [1.807, 2.05) is 30.3 Å². The third-order valence-electron chi connectivity index (χ3n) is 8.33. The molecule has 0 saturated heterocycles. The number of benzene rings is 4. The third kappa shape index (κ3) is 8.63. The number of hydrogen-bond acceptors (Lipinski definition) is 5. The average molecular weight is 729 g/mol. The number of ether oxygens (including phenoxy) is 1. The first kappa shape index (κ1) is 35.5. The predicted octanol–water partition coefficient (Wildman–Crippen LogP) is 7.55. The molecule has 0 heterocycles. The quantitative estimate of drug-likeness (QED) is 0.154. The molecule has 1 aliphatic carbocycles. The van der Waals surface area contributed by atoms with Crippen LogP contribution in [-0.2, 0) is 32.6 Å². The molecular formula is C36H36Cl3N3O5S. The molecule has 1 N–H and O–H groups in total. The molecule has 2 amide bonds. The molecule has 0 unspecified atom stereocenters. The van der Waals surface area contributed by atoms with Crippen molar-refractivity contribution in [1.82, 2.24) is 10.2 Å². The molecule has 8 nitrogen and oxygen atoms in total. The fourth-order valence-corrected chi connectivity index (χ4v) is 7.77. The van der Waals surface area contributed by atoms with Crippen LogP contribution in [0.5, 0.6) is 5.75 Å². The minimum Gasteiger partial charge on any atom is -0.495 e. The van der Waals surface area contributed by atoms with E-state index in [0.29, 0.717) is 10.6 Å². The Bertz CT molecular complexity index is 1840. The molecule has 0 aromatic heterocycles. The van der Waals surface area contributed by atoms with Crippen LogP contribution in [0.3, 0.4) is 0 Å². The van der Waals surface area contributed by atoms with Gasteiger partial charge in [0.1, 0.15) is 18.3 Å². The second kappa shape index (κ2) is 16.1. The summed E-state index contributed by atoms with van der Waals surface area (Å²) in [6.45, 7) is -0.700. The summed E-state index contributed by atoms with van der Waals surface area (Å²) in [7, 11) is -2.93. The number of methoxy groups -OCH3 is 1. The van der Waals surface area contributed by atoms with E-state index >= 15 is 0 Å². The molecule has 1 saturated carbocycles. The molecule has 1 fully saturated rings. The zero-order valence-corrected chi connectivity index (χ0v) is 29.4. The molecule has 252 valence electrons. The van der Waals surface area contributed by atoms with Crippen LogP contribution in [0.25, 0.3) is 0 Å². The van der Waals surface area contributed by atoms with E-state index in [2.05, 4.69) is 5.32 Å². The van der Waals surface area contributed by atoms with Gasteiger partial charge in [0.05, 0.1) is 27.7 Å². The first-order valence-electron chi connectivity index (χ1n) is 15.6. The standard InChI is InChI=1S/C36H36Cl3N3O5S/c1-47-34-19-17-27(37)22-32(34)42(48(45,46)29-14-6-3-7-15-29)24-35(43)41(23-26-16-18-30(38)31(39)20-26)33(21-25-10-4-2-5-11-25)36(44)40-28-12-8-9-13-28/h2-7,10-11,14-20,22,28,33H,8-9,12-13,21,23-24H2,1H3,(H,40,44)/t33-/m0/s1. The van der Waals surface area contributed by atoms with Crippen LogP contribution < -0.4 is 14.4 Å². The average Bonchev–Trinajstić information content (AvgIpc) is 3.60. The number of hydrogen-bond donors (Lipinski definition) is 1. The van der Waals surface area contributed by atoms with Gasteiger partial charge in [-0.2, -0.15) is 0 Å². The molecule has 4 aromatic carbocycles. The normalized spacial score (nSPS) is 13.9. The zero-order chi connectivity index (χ0) is 34.3. The van der Waals surface area contributed by atoms with E-state index < -0.39 is 28.5 Å². The van der Waals surface area contributed by atoms with Gasteiger partial charge in [0, 0.05) is 24.0 Å². The number of rotatable bonds is 13. The Morgan fingerprint density at radius 2 is 1.52 bits per heavy atom. The highest BCUT2D eigenvalue weighted by molar-refractivity contribution is 7.92. The van der Waals surface area contributed by atoms with Crippen LogP contribution in [0.1, 0.15) is 36.8 Å². The van der Waals surface area contributed by atoms with Gasteiger partial charge in [-0.25, -0.2) is 8.42 Å². The Morgan fingerprint density at radius 3 is 2.17 bits per heavy atom. The van der Waals surface area contributed by atoms with Gasteiger partial charge in [-0.15, -0.1) is 0 Å². The third-order valence-corrected chi connectivity index (χ3v) is 11.1. The second-order valence-electron chi connectivity index (χ2n) is 11.6. The lowest BCUT2D eigenvalue weighted by molar-refractivity contribution is -0.140. The maximum atomic E-state index is 14.7. The molecule has 1 atom stereocenters. The summed E-state index contributed by atoms with van der Waals surface area (Å²) < 4.78 is 35.1. The van der Waals surface area contributed by atoms with Gasteiger partial charge in [0.2, 0.25) is 11.8 Å². The van der Waals surface area contributed by atoms with Gasteiger partial charge in [0.15, 0.2) is 0 Å². The molecule has 0 aliphatic heterocycles. The van der Waals surface area contributed by atoms with E-state index in [-0.39, 0.29) is 51.3 Å². The van der Waals surface area contributed by atoms with Gasteiger partial charge < -0.3 is 15.0 Å². The van der Waals surface area contributed by atoms with Crippen LogP contribution >= 0.6 is 34.8 Å². The molecule has 1 aliphatic rings. The fourth-order valence-electron chi connectivity index (χ4n) is 5.85. The smallest absolute Gasteiger partial charge is 0.264 e. The van der Waals surface area contributed by atoms with Gasteiger partial charge in [0.25, 0.3) is 10.0 Å². The minimum atomic E-state index is -4.33. The van der Waals surface area contributed by atoms with E-state index in [9.17, 15) is 18.0 Å². The molecule has 48 heavy (non-hydrogen) atoms. The highest BCUT2D eigenvalue weighted by Gasteiger charge is 2.36. The molecule has 4 aromatic rings. The van der Waals surface area contributed by atoms with Crippen molar-refractivity contribution < 1.29 is 22.7 Å². The summed E-state index contributed by atoms with van der Waals surface area (Å²) >= 11 is 18.9. The summed E-state index contributed by atoms with van der Waals surface area (Å²) in [6, 6.07) is 25.7. The summed E-state index contributed by atoms with van der Waals surface area (Å²) in [6.07, 6.45) is 3.91. The number of carbonyl (C=O) groups excluding carboxylic acids is 2. The lowest BCUT2D eigenvalue weighted by atomic mass is 10.0. The lowest BCUT2D eigenvalue weighted by Gasteiger charge is -2.34. The summed E-state index contributed by atoms with van der Waals surface area (Å²) in [4.78, 5) is 30.3. The maximum absolute atomic E-state index is 14.7. The molecule has 12 heteroatoms. The van der Waals surface area contributed by atoms with Crippen LogP contribution in [0.2, 0.25) is 15.1 Å². The highest BCUT2D eigenvalue weighted by atomic mass is 35.5. The second-order valence-corrected chi connectivity index (χ2v) is 14.7. The van der Waals surface area contributed by atoms with Gasteiger partial charge >= 0.3 is 0 Å². The van der Waals surface area contributed by atoms with Gasteiger partial charge in [-0.05, 0) is 66.4 Å². The number of anilines is 1. The number of halogens is 3.